The first-order chi connectivity index (χ1) is 17.7. The minimum atomic E-state index is -4.87. The highest BCUT2D eigenvalue weighted by molar-refractivity contribution is 6.33. The molecule has 0 bridgehead atoms. The van der Waals surface area contributed by atoms with Crippen molar-refractivity contribution in [3.63, 3.8) is 0 Å². The number of likely N-dealkylation sites (tertiary alicyclic amines) is 1. The molecule has 0 aliphatic carbocycles. The summed E-state index contributed by atoms with van der Waals surface area (Å²) in [5, 5.41) is 5.23. The fourth-order valence-electron chi connectivity index (χ4n) is 4.01. The number of nitrogens with zero attached hydrogens (tertiary/aromatic N) is 1. The first kappa shape index (κ1) is 29.1. The van der Waals surface area contributed by atoms with E-state index in [1.807, 2.05) is 0 Å². The van der Waals surface area contributed by atoms with Crippen LogP contribution in [0.3, 0.4) is 0 Å². The molecule has 1 aliphatic heterocycles. The van der Waals surface area contributed by atoms with E-state index >= 15 is 0 Å². The highest BCUT2D eigenvalue weighted by Crippen LogP contribution is 2.38. The molecular formula is C26H29ClF3N3O5. The number of anilines is 1. The van der Waals surface area contributed by atoms with Crippen molar-refractivity contribution in [1.82, 2.24) is 10.2 Å². The lowest BCUT2D eigenvalue weighted by Gasteiger charge is -2.34. The van der Waals surface area contributed by atoms with Gasteiger partial charge in [-0.3, -0.25) is 9.59 Å². The zero-order valence-electron chi connectivity index (χ0n) is 21.2. The molecule has 0 aromatic heterocycles. The number of piperidine rings is 1. The Bertz CT molecular complexity index is 1180. The quantitative estimate of drug-likeness (QED) is 0.473. The fourth-order valence-corrected chi connectivity index (χ4v) is 4.29. The van der Waals surface area contributed by atoms with Crippen LogP contribution in [0.4, 0.5) is 23.7 Å². The van der Waals surface area contributed by atoms with E-state index in [0.29, 0.717) is 25.1 Å². The summed E-state index contributed by atoms with van der Waals surface area (Å²) in [4.78, 5) is 39.2. The largest absolute Gasteiger partial charge is 0.573 e. The molecule has 1 atom stereocenters. The molecule has 38 heavy (non-hydrogen) atoms. The minimum absolute atomic E-state index is 0.0964. The SMILES string of the molecule is CC(C)(C)OC(=O)NCC(=O)N1CCCCC1C(=O)Nc1ccc(-c2ccccc2OC(F)(F)F)c(Cl)c1. The summed E-state index contributed by atoms with van der Waals surface area (Å²) in [6, 6.07) is 9.21. The van der Waals surface area contributed by atoms with E-state index in [9.17, 15) is 27.6 Å². The summed E-state index contributed by atoms with van der Waals surface area (Å²) in [5.74, 6) is -1.28. The van der Waals surface area contributed by atoms with Crippen LogP contribution in [0.1, 0.15) is 40.0 Å². The molecule has 1 aliphatic rings. The number of carbonyl (C=O) groups excluding carboxylic acids is 3. The third-order valence-corrected chi connectivity index (χ3v) is 5.86. The van der Waals surface area contributed by atoms with Crippen LogP contribution >= 0.6 is 11.6 Å². The highest BCUT2D eigenvalue weighted by atomic mass is 35.5. The first-order valence-corrected chi connectivity index (χ1v) is 12.3. The number of halogens is 4. The number of para-hydroxylation sites is 1. The predicted octanol–water partition coefficient (Wildman–Crippen LogP) is 5.75. The van der Waals surface area contributed by atoms with Crippen molar-refractivity contribution in [2.24, 2.45) is 0 Å². The molecular weight excluding hydrogens is 527 g/mol. The smallest absolute Gasteiger partial charge is 0.444 e. The van der Waals surface area contributed by atoms with Gasteiger partial charge in [-0.1, -0.05) is 35.9 Å². The number of amides is 3. The van der Waals surface area contributed by atoms with Crippen LogP contribution in [0.15, 0.2) is 42.5 Å². The molecule has 3 rings (SSSR count). The lowest BCUT2D eigenvalue weighted by molar-refractivity contribution is -0.274. The molecule has 206 valence electrons. The van der Waals surface area contributed by atoms with E-state index in [-0.39, 0.29) is 22.7 Å². The number of nitrogens with one attached hydrogen (secondary N) is 2. The second-order valence-corrected chi connectivity index (χ2v) is 10.1. The van der Waals surface area contributed by atoms with E-state index in [0.717, 1.165) is 6.42 Å². The molecule has 12 heteroatoms. The Kier molecular flexibility index (Phi) is 9.14. The molecule has 1 heterocycles. The number of alkyl halides is 3. The number of ether oxygens (including phenoxy) is 2. The Morgan fingerprint density at radius 2 is 1.76 bits per heavy atom. The Hall–Kier alpha value is -3.47. The van der Waals surface area contributed by atoms with E-state index in [2.05, 4.69) is 15.4 Å². The fraction of sp³-hybridized carbons (Fsp3) is 0.423. The standard InChI is InChI=1S/C26H29ClF3N3O5/c1-25(2,3)38-24(36)31-15-22(34)33-13-7-6-9-20(33)23(35)32-16-11-12-17(19(27)14-16)18-8-4-5-10-21(18)37-26(28,29)30/h4-5,8,10-12,14,20H,6-7,9,13,15H2,1-3H3,(H,31,36)(H,32,35). The van der Waals surface area contributed by atoms with Gasteiger partial charge in [-0.15, -0.1) is 13.2 Å². The summed E-state index contributed by atoms with van der Waals surface area (Å²) in [7, 11) is 0. The zero-order valence-corrected chi connectivity index (χ0v) is 21.9. The molecule has 0 radical (unpaired) electrons. The van der Waals surface area contributed by atoms with Crippen LogP contribution < -0.4 is 15.4 Å². The van der Waals surface area contributed by atoms with Gasteiger partial charge < -0.3 is 25.0 Å². The molecule has 3 amide bonds. The van der Waals surface area contributed by atoms with Gasteiger partial charge in [-0.05, 0) is 58.2 Å². The Morgan fingerprint density at radius 3 is 2.42 bits per heavy atom. The van der Waals surface area contributed by atoms with E-state index in [4.69, 9.17) is 16.3 Å². The van der Waals surface area contributed by atoms with Crippen molar-refractivity contribution in [1.29, 1.82) is 0 Å². The van der Waals surface area contributed by atoms with Gasteiger partial charge in [0.05, 0.1) is 5.02 Å². The van der Waals surface area contributed by atoms with Gasteiger partial charge in [0.25, 0.3) is 0 Å². The summed E-state index contributed by atoms with van der Waals surface area (Å²) in [6.07, 6.45) is -3.74. The highest BCUT2D eigenvalue weighted by Gasteiger charge is 2.33. The van der Waals surface area contributed by atoms with E-state index < -0.39 is 41.7 Å². The van der Waals surface area contributed by atoms with Crippen LogP contribution in [0.2, 0.25) is 5.02 Å². The number of carbonyl (C=O) groups is 3. The van der Waals surface area contributed by atoms with Crippen molar-refractivity contribution in [3.05, 3.63) is 47.5 Å². The molecule has 2 aromatic rings. The van der Waals surface area contributed by atoms with Crippen LogP contribution in [0, 0.1) is 0 Å². The van der Waals surface area contributed by atoms with Gasteiger partial charge >= 0.3 is 12.5 Å². The third-order valence-electron chi connectivity index (χ3n) is 5.55. The first-order valence-electron chi connectivity index (χ1n) is 12.0. The normalized spacial score (nSPS) is 16.0. The van der Waals surface area contributed by atoms with Gasteiger partial charge in [0.15, 0.2) is 0 Å². The van der Waals surface area contributed by atoms with Crippen LogP contribution in [0.5, 0.6) is 5.75 Å². The molecule has 1 saturated heterocycles. The summed E-state index contributed by atoms with van der Waals surface area (Å²) < 4.78 is 47.7. The molecule has 0 spiro atoms. The Balaban J connectivity index is 1.69. The lowest BCUT2D eigenvalue weighted by Crippen LogP contribution is -2.52. The lowest BCUT2D eigenvalue weighted by atomic mass is 10.0. The summed E-state index contributed by atoms with van der Waals surface area (Å²) in [6.45, 7) is 5.13. The van der Waals surface area contributed by atoms with Crippen molar-refractivity contribution >= 4 is 35.2 Å². The average molecular weight is 556 g/mol. The summed E-state index contributed by atoms with van der Waals surface area (Å²) >= 11 is 6.37. The molecule has 1 fully saturated rings. The topological polar surface area (TPSA) is 97.0 Å². The average Bonchev–Trinajstić information content (AvgIpc) is 2.81. The van der Waals surface area contributed by atoms with Crippen molar-refractivity contribution in [2.75, 3.05) is 18.4 Å². The van der Waals surface area contributed by atoms with E-state index in [1.165, 1.54) is 41.3 Å². The second kappa shape index (κ2) is 11.9. The Morgan fingerprint density at radius 1 is 1.05 bits per heavy atom. The summed E-state index contributed by atoms with van der Waals surface area (Å²) in [5.41, 5.74) is 0.00884. The molecule has 2 N–H and O–H groups in total. The molecule has 0 saturated carbocycles. The molecule has 1 unspecified atom stereocenters. The van der Waals surface area contributed by atoms with Crippen LogP contribution in [-0.2, 0) is 14.3 Å². The van der Waals surface area contributed by atoms with Crippen LogP contribution in [-0.4, -0.2) is 53.9 Å². The van der Waals surface area contributed by atoms with Crippen LogP contribution in [0.25, 0.3) is 11.1 Å². The zero-order chi connectivity index (χ0) is 28.1. The molecule has 8 nitrogen and oxygen atoms in total. The maximum Gasteiger partial charge on any atom is 0.573 e. The minimum Gasteiger partial charge on any atom is -0.444 e. The van der Waals surface area contributed by atoms with Gasteiger partial charge in [0.2, 0.25) is 11.8 Å². The predicted molar refractivity (Wildman–Crippen MR) is 136 cm³/mol. The number of alkyl carbamates (subject to hydrolysis) is 1. The number of rotatable bonds is 6. The number of hydrogen-bond acceptors (Lipinski definition) is 5. The maximum absolute atomic E-state index is 13.1. The van der Waals surface area contributed by atoms with Gasteiger partial charge in [-0.2, -0.15) is 0 Å². The van der Waals surface area contributed by atoms with E-state index in [1.54, 1.807) is 26.8 Å². The third kappa shape index (κ3) is 8.27. The van der Waals surface area contributed by atoms with Gasteiger partial charge in [-0.25, -0.2) is 4.79 Å². The monoisotopic (exact) mass is 555 g/mol. The number of benzene rings is 2. The van der Waals surface area contributed by atoms with Crippen molar-refractivity contribution < 1.29 is 37.0 Å². The van der Waals surface area contributed by atoms with Gasteiger partial charge in [0.1, 0.15) is 23.9 Å². The van der Waals surface area contributed by atoms with Crippen molar-refractivity contribution in [3.8, 4) is 16.9 Å². The molecule has 2 aromatic carbocycles. The Labute approximate surface area is 223 Å². The van der Waals surface area contributed by atoms with Crippen molar-refractivity contribution in [2.45, 2.75) is 58.0 Å². The van der Waals surface area contributed by atoms with Gasteiger partial charge in [0, 0.05) is 23.4 Å². The second-order valence-electron chi connectivity index (χ2n) is 9.68. The maximum atomic E-state index is 13.1. The number of hydrogen-bond donors (Lipinski definition) is 2.